The van der Waals surface area contributed by atoms with Crippen LogP contribution >= 0.6 is 0 Å². The molecule has 0 bridgehead atoms. The van der Waals surface area contributed by atoms with Gasteiger partial charge in [0.05, 0.1) is 0 Å². The lowest BCUT2D eigenvalue weighted by atomic mass is 9.84. The van der Waals surface area contributed by atoms with Gasteiger partial charge in [-0.3, -0.25) is 0 Å². The second-order valence-corrected chi connectivity index (χ2v) is 5.50. The predicted molar refractivity (Wildman–Crippen MR) is 74.2 cm³/mol. The molecule has 1 heteroatoms. The second-order valence-electron chi connectivity index (χ2n) is 5.50. The van der Waals surface area contributed by atoms with Crippen LogP contribution in [0.3, 0.4) is 0 Å². The van der Waals surface area contributed by atoms with E-state index in [0.717, 1.165) is 17.4 Å². The Morgan fingerprint density at radius 1 is 0.938 bits per heavy atom. The summed E-state index contributed by atoms with van der Waals surface area (Å²) in [5.41, 5.74) is 7.61. The molecule has 0 aliphatic heterocycles. The van der Waals surface area contributed by atoms with Gasteiger partial charge in [-0.05, 0) is 44.4 Å². The molecule has 1 saturated carbocycles. The Hall–Kier alpha value is -0.720. The molecule has 0 heterocycles. The first-order valence-corrected chi connectivity index (χ1v) is 6.49. The molecule has 0 spiro atoms. The number of nitrogens with two attached hydrogens (primary N) is 1. The summed E-state index contributed by atoms with van der Waals surface area (Å²) in [4.78, 5) is 0. The number of allylic oxidation sites excluding steroid dienone is 3. The molecule has 16 heavy (non-hydrogen) atoms. The molecule has 1 aliphatic rings. The van der Waals surface area contributed by atoms with Gasteiger partial charge in [-0.15, -0.1) is 0 Å². The van der Waals surface area contributed by atoms with Gasteiger partial charge in [0.25, 0.3) is 0 Å². The highest BCUT2D eigenvalue weighted by Crippen LogP contribution is 2.27. The smallest absolute Gasteiger partial charge is 0.00326 e. The summed E-state index contributed by atoms with van der Waals surface area (Å²) in [6.45, 7) is 10.8. The van der Waals surface area contributed by atoms with Crippen LogP contribution in [0.4, 0.5) is 0 Å². The van der Waals surface area contributed by atoms with E-state index in [0.29, 0.717) is 0 Å². The zero-order chi connectivity index (χ0) is 12.6. The van der Waals surface area contributed by atoms with Gasteiger partial charge in [-0.2, -0.15) is 0 Å². The van der Waals surface area contributed by atoms with Crippen LogP contribution in [0, 0.1) is 11.8 Å². The Morgan fingerprint density at radius 3 is 1.50 bits per heavy atom. The summed E-state index contributed by atoms with van der Waals surface area (Å²) >= 11 is 0. The van der Waals surface area contributed by atoms with Crippen LogP contribution < -0.4 is 5.73 Å². The molecule has 0 saturated heterocycles. The molecule has 0 radical (unpaired) electrons. The van der Waals surface area contributed by atoms with Crippen molar-refractivity contribution in [2.45, 2.75) is 60.3 Å². The monoisotopic (exact) mass is 223 g/mol. The summed E-state index contributed by atoms with van der Waals surface area (Å²) in [6.07, 6.45) is 9.54. The topological polar surface area (TPSA) is 26.0 Å². The van der Waals surface area contributed by atoms with Gasteiger partial charge in [0, 0.05) is 0 Å². The number of rotatable bonds is 1. The molecule has 2 N–H and O–H groups in total. The van der Waals surface area contributed by atoms with E-state index >= 15 is 0 Å². The third-order valence-electron chi connectivity index (χ3n) is 3.08. The molecule has 1 nitrogen and oxygen atoms in total. The maximum atomic E-state index is 5.21. The normalized spacial score (nSPS) is 25.4. The zero-order valence-corrected chi connectivity index (χ0v) is 11.7. The van der Waals surface area contributed by atoms with Crippen LogP contribution in [0.1, 0.15) is 60.3 Å². The van der Waals surface area contributed by atoms with Gasteiger partial charge in [0.15, 0.2) is 0 Å². The van der Waals surface area contributed by atoms with E-state index < -0.39 is 0 Å². The molecule has 0 aromatic heterocycles. The minimum Gasteiger partial charge on any atom is -0.404 e. The lowest BCUT2D eigenvalue weighted by Gasteiger charge is -2.22. The fraction of sp³-hybridized carbons (Fsp3) is 0.733. The van der Waals surface area contributed by atoms with E-state index in [1.54, 1.807) is 6.20 Å². The molecular weight excluding hydrogens is 194 g/mol. The van der Waals surface area contributed by atoms with E-state index in [4.69, 9.17) is 5.73 Å². The highest BCUT2D eigenvalue weighted by atomic mass is 14.5. The Bertz CT molecular complexity index is 216. The van der Waals surface area contributed by atoms with Gasteiger partial charge < -0.3 is 5.73 Å². The van der Waals surface area contributed by atoms with Gasteiger partial charge >= 0.3 is 0 Å². The van der Waals surface area contributed by atoms with Gasteiger partial charge in [0.1, 0.15) is 0 Å². The molecule has 0 amide bonds. The summed E-state index contributed by atoms with van der Waals surface area (Å²) in [6, 6.07) is 0. The molecular formula is C15H29N. The quantitative estimate of drug-likeness (QED) is 0.643. The van der Waals surface area contributed by atoms with Crippen LogP contribution in [0.15, 0.2) is 23.4 Å². The Balaban J connectivity index is 0.000000281. The Labute approximate surface area is 102 Å². The predicted octanol–water partition coefficient (Wildman–Crippen LogP) is 4.65. The van der Waals surface area contributed by atoms with Crippen molar-refractivity contribution in [2.24, 2.45) is 17.6 Å². The van der Waals surface area contributed by atoms with Crippen LogP contribution in [0.5, 0.6) is 0 Å². The number of hydrogen-bond acceptors (Lipinski definition) is 1. The fourth-order valence-electron chi connectivity index (χ4n) is 1.93. The molecule has 94 valence electrons. The highest BCUT2D eigenvalue weighted by Gasteiger charge is 2.13. The minimum absolute atomic E-state index is 1.02. The van der Waals surface area contributed by atoms with Crippen LogP contribution in [0.25, 0.3) is 0 Å². The first-order chi connectivity index (χ1) is 7.45. The summed E-state index contributed by atoms with van der Waals surface area (Å²) < 4.78 is 0. The van der Waals surface area contributed by atoms with E-state index in [1.165, 1.54) is 31.3 Å². The maximum Gasteiger partial charge on any atom is -0.00326 e. The van der Waals surface area contributed by atoms with Crippen molar-refractivity contribution in [2.75, 3.05) is 0 Å². The van der Waals surface area contributed by atoms with E-state index in [9.17, 15) is 0 Å². The molecule has 0 aromatic carbocycles. The van der Waals surface area contributed by atoms with Gasteiger partial charge in [-0.1, -0.05) is 51.2 Å². The summed E-state index contributed by atoms with van der Waals surface area (Å²) in [5, 5.41) is 0. The fourth-order valence-corrected chi connectivity index (χ4v) is 1.93. The van der Waals surface area contributed by atoms with Crippen molar-refractivity contribution >= 4 is 0 Å². The summed E-state index contributed by atoms with van der Waals surface area (Å²) in [7, 11) is 0. The molecule has 0 atom stereocenters. The number of hydrogen-bond donors (Lipinski definition) is 1. The average Bonchev–Trinajstić information content (AvgIpc) is 2.22. The molecule has 0 unspecified atom stereocenters. The van der Waals surface area contributed by atoms with Gasteiger partial charge in [0.2, 0.25) is 0 Å². The van der Waals surface area contributed by atoms with Crippen LogP contribution in [-0.4, -0.2) is 0 Å². The minimum atomic E-state index is 1.02. The summed E-state index contributed by atoms with van der Waals surface area (Å²) in [5.74, 6) is 2.04. The molecule has 1 fully saturated rings. The molecule has 0 aromatic rings. The lowest BCUT2D eigenvalue weighted by Crippen LogP contribution is -2.08. The maximum absolute atomic E-state index is 5.21. The lowest BCUT2D eigenvalue weighted by molar-refractivity contribution is 0.308. The Morgan fingerprint density at radius 2 is 1.31 bits per heavy atom. The zero-order valence-electron chi connectivity index (χ0n) is 11.7. The molecule has 1 aliphatic carbocycles. The van der Waals surface area contributed by atoms with E-state index in [-0.39, 0.29) is 0 Å². The SMILES string of the molecule is CC(C)=C/C(C)=C\N.CC1CCC(C)CC1. The standard InChI is InChI=1S/C8H16.C7H13N/c1-7-3-5-8(2)6-4-7;1-6(2)4-7(3)5-8/h7-8H,3-6H2,1-2H3;4-5H,8H2,1-3H3/b;7-5-. The average molecular weight is 223 g/mol. The van der Waals surface area contributed by atoms with E-state index in [1.807, 2.05) is 26.8 Å². The third-order valence-corrected chi connectivity index (χ3v) is 3.08. The largest absolute Gasteiger partial charge is 0.404 e. The Kier molecular flexibility index (Phi) is 8.05. The van der Waals surface area contributed by atoms with Crippen molar-refractivity contribution in [3.63, 3.8) is 0 Å². The van der Waals surface area contributed by atoms with Crippen LogP contribution in [0.2, 0.25) is 0 Å². The third kappa shape index (κ3) is 8.58. The van der Waals surface area contributed by atoms with Crippen LogP contribution in [-0.2, 0) is 0 Å². The first kappa shape index (κ1) is 15.3. The second kappa shape index (κ2) is 8.43. The van der Waals surface area contributed by atoms with Crippen molar-refractivity contribution in [1.82, 2.24) is 0 Å². The van der Waals surface area contributed by atoms with Gasteiger partial charge in [-0.25, -0.2) is 0 Å². The van der Waals surface area contributed by atoms with Crippen molar-refractivity contribution in [3.05, 3.63) is 23.4 Å². The van der Waals surface area contributed by atoms with E-state index in [2.05, 4.69) is 13.8 Å². The van der Waals surface area contributed by atoms with Crippen molar-refractivity contribution in [3.8, 4) is 0 Å². The molecule has 1 rings (SSSR count). The van der Waals surface area contributed by atoms with Crippen molar-refractivity contribution < 1.29 is 0 Å². The highest BCUT2D eigenvalue weighted by molar-refractivity contribution is 5.17. The van der Waals surface area contributed by atoms with Crippen molar-refractivity contribution in [1.29, 1.82) is 0 Å². The first-order valence-electron chi connectivity index (χ1n) is 6.49.